The Balaban J connectivity index is 2.58. The molecule has 0 aromatic heterocycles. The van der Waals surface area contributed by atoms with Gasteiger partial charge in [-0.2, -0.15) is 0 Å². The van der Waals surface area contributed by atoms with Gasteiger partial charge in [-0.15, -0.1) is 0 Å². The maximum absolute atomic E-state index is 11.9. The summed E-state index contributed by atoms with van der Waals surface area (Å²) in [7, 11) is 0. The van der Waals surface area contributed by atoms with Crippen LogP contribution < -0.4 is 0 Å². The molecule has 110 valence electrons. The molecule has 0 aliphatic rings. The number of hydrogen-bond donors (Lipinski definition) is 0. The van der Waals surface area contributed by atoms with Crippen molar-refractivity contribution in [1.82, 2.24) is 0 Å². The van der Waals surface area contributed by atoms with Gasteiger partial charge in [-0.3, -0.25) is 4.79 Å². The summed E-state index contributed by atoms with van der Waals surface area (Å²) in [4.78, 5) is 15.3. The van der Waals surface area contributed by atoms with Crippen LogP contribution in [0.2, 0.25) is 0 Å². The average Bonchev–Trinajstić information content (AvgIpc) is 2.56. The number of hydrogen-bond acceptors (Lipinski definition) is 2. The normalized spacial score (nSPS) is 11.3. The van der Waals surface area contributed by atoms with Gasteiger partial charge >= 0.3 is 5.97 Å². The highest BCUT2D eigenvalue weighted by molar-refractivity contribution is 6.00. The van der Waals surface area contributed by atoms with Gasteiger partial charge in [0.1, 0.15) is 0 Å². The monoisotopic (exact) mass is 291 g/mol. The van der Waals surface area contributed by atoms with Crippen LogP contribution in [0.5, 0.6) is 0 Å². The lowest BCUT2D eigenvalue weighted by atomic mass is 9.94. The molecular weight excluding hydrogens is 274 g/mol. The van der Waals surface area contributed by atoms with E-state index in [1.54, 1.807) is 13.8 Å². The Morgan fingerprint density at radius 1 is 1.09 bits per heavy atom. The Labute approximate surface area is 130 Å². The average molecular weight is 291 g/mol. The second-order valence-corrected chi connectivity index (χ2v) is 4.72. The summed E-state index contributed by atoms with van der Waals surface area (Å²) >= 11 is 0. The van der Waals surface area contributed by atoms with Crippen molar-refractivity contribution in [3.63, 3.8) is 0 Å². The quantitative estimate of drug-likeness (QED) is 0.469. The number of benzene rings is 2. The minimum absolute atomic E-state index is 0.0326. The van der Waals surface area contributed by atoms with E-state index in [2.05, 4.69) is 4.85 Å². The highest BCUT2D eigenvalue weighted by Gasteiger charge is 2.17. The lowest BCUT2D eigenvalue weighted by Crippen LogP contribution is -2.07. The molecule has 2 aromatic rings. The molecule has 0 atom stereocenters. The molecule has 0 radical (unpaired) electrons. The molecule has 22 heavy (non-hydrogen) atoms. The topological polar surface area (TPSA) is 30.7 Å². The smallest absolute Gasteiger partial charge is 0.336 e. The Hall–Kier alpha value is -2.86. The zero-order valence-corrected chi connectivity index (χ0v) is 12.7. The van der Waals surface area contributed by atoms with Crippen LogP contribution in [0.4, 0.5) is 0 Å². The van der Waals surface area contributed by atoms with E-state index in [4.69, 9.17) is 11.3 Å². The van der Waals surface area contributed by atoms with E-state index in [1.807, 2.05) is 54.6 Å². The van der Waals surface area contributed by atoms with Crippen LogP contribution in [0, 0.1) is 6.57 Å². The van der Waals surface area contributed by atoms with Gasteiger partial charge in [0.15, 0.2) is 0 Å². The molecule has 0 saturated carbocycles. The molecule has 3 nitrogen and oxygen atoms in total. The fourth-order valence-corrected chi connectivity index (χ4v) is 2.29. The second kappa shape index (κ2) is 7.24. The van der Waals surface area contributed by atoms with Crippen molar-refractivity contribution in [3.8, 4) is 11.1 Å². The van der Waals surface area contributed by atoms with Crippen molar-refractivity contribution in [1.29, 1.82) is 0 Å². The minimum atomic E-state index is -0.571. The molecule has 2 rings (SSSR count). The van der Waals surface area contributed by atoms with E-state index in [9.17, 15) is 4.79 Å². The SMILES string of the molecule is [C-]#[N+]/C(C(=O)OCC)=C(/C)c1ccccc1-c1ccccc1. The fourth-order valence-electron chi connectivity index (χ4n) is 2.29. The van der Waals surface area contributed by atoms with Gasteiger partial charge in [-0.05, 0) is 36.1 Å². The predicted molar refractivity (Wildman–Crippen MR) is 87.7 cm³/mol. The molecule has 0 saturated heterocycles. The van der Waals surface area contributed by atoms with E-state index in [0.29, 0.717) is 5.57 Å². The first-order valence-corrected chi connectivity index (χ1v) is 7.09. The maximum Gasteiger partial charge on any atom is 0.336 e. The first kappa shape index (κ1) is 15.5. The van der Waals surface area contributed by atoms with Gasteiger partial charge in [0, 0.05) is 0 Å². The van der Waals surface area contributed by atoms with Crippen LogP contribution >= 0.6 is 0 Å². The molecule has 0 amide bonds. The number of nitrogens with zero attached hydrogens (tertiary/aromatic N) is 1. The molecule has 0 aliphatic heterocycles. The van der Waals surface area contributed by atoms with Crippen molar-refractivity contribution in [2.45, 2.75) is 13.8 Å². The van der Waals surface area contributed by atoms with Crippen molar-refractivity contribution in [2.75, 3.05) is 6.61 Å². The van der Waals surface area contributed by atoms with E-state index in [-0.39, 0.29) is 12.3 Å². The number of ether oxygens (including phenoxy) is 1. The lowest BCUT2D eigenvalue weighted by Gasteiger charge is -2.12. The van der Waals surface area contributed by atoms with Crippen molar-refractivity contribution >= 4 is 11.5 Å². The predicted octanol–water partition coefficient (Wildman–Crippen LogP) is 4.57. The molecule has 0 heterocycles. The summed E-state index contributed by atoms with van der Waals surface area (Å²) in [6, 6.07) is 17.7. The summed E-state index contributed by atoms with van der Waals surface area (Å²) in [5, 5.41) is 0. The van der Waals surface area contributed by atoms with Gasteiger partial charge in [0.2, 0.25) is 0 Å². The Morgan fingerprint density at radius 3 is 2.36 bits per heavy atom. The third-order valence-electron chi connectivity index (χ3n) is 3.35. The van der Waals surface area contributed by atoms with Crippen LogP contribution in [-0.2, 0) is 9.53 Å². The largest absolute Gasteiger partial charge is 0.471 e. The van der Waals surface area contributed by atoms with Crippen LogP contribution in [0.15, 0.2) is 60.3 Å². The number of allylic oxidation sites excluding steroid dienone is 1. The first-order chi connectivity index (χ1) is 10.7. The summed E-state index contributed by atoms with van der Waals surface area (Å²) in [5.41, 5.74) is 3.57. The van der Waals surface area contributed by atoms with E-state index >= 15 is 0 Å². The van der Waals surface area contributed by atoms with Crippen LogP contribution in [-0.4, -0.2) is 12.6 Å². The lowest BCUT2D eigenvalue weighted by molar-refractivity contribution is -0.138. The maximum atomic E-state index is 11.9. The molecule has 2 aromatic carbocycles. The number of esters is 1. The molecule has 0 spiro atoms. The zero-order valence-electron chi connectivity index (χ0n) is 12.7. The summed E-state index contributed by atoms with van der Waals surface area (Å²) in [6.45, 7) is 11.1. The highest BCUT2D eigenvalue weighted by atomic mass is 16.5. The molecule has 3 heteroatoms. The molecule has 0 fully saturated rings. The molecular formula is C19H17NO2. The van der Waals surface area contributed by atoms with Gasteiger partial charge < -0.3 is 4.74 Å². The summed E-state index contributed by atoms with van der Waals surface area (Å²) in [6.07, 6.45) is 0. The zero-order chi connectivity index (χ0) is 15.9. The summed E-state index contributed by atoms with van der Waals surface area (Å²) < 4.78 is 4.97. The van der Waals surface area contributed by atoms with E-state index < -0.39 is 5.97 Å². The molecule has 0 bridgehead atoms. The second-order valence-electron chi connectivity index (χ2n) is 4.72. The Bertz CT molecular complexity index is 740. The molecule has 0 N–H and O–H groups in total. The fraction of sp³-hybridized carbons (Fsp3) is 0.158. The van der Waals surface area contributed by atoms with Gasteiger partial charge in [0.25, 0.3) is 5.70 Å². The minimum Gasteiger partial charge on any atom is -0.471 e. The number of carbonyl (C=O) groups is 1. The first-order valence-electron chi connectivity index (χ1n) is 7.09. The standard InChI is InChI=1S/C19H17NO2/c1-4-22-19(21)18(20-3)14(2)16-12-8-9-13-17(16)15-10-6-5-7-11-15/h5-13H,4H2,1-2H3/b18-14-. The summed E-state index contributed by atoms with van der Waals surface area (Å²) in [5.74, 6) is -0.571. The Morgan fingerprint density at radius 2 is 1.73 bits per heavy atom. The van der Waals surface area contributed by atoms with E-state index in [1.165, 1.54) is 0 Å². The van der Waals surface area contributed by atoms with Gasteiger partial charge in [0.05, 0.1) is 13.2 Å². The third kappa shape index (κ3) is 3.24. The van der Waals surface area contributed by atoms with Crippen LogP contribution in [0.1, 0.15) is 19.4 Å². The number of rotatable bonds is 4. The van der Waals surface area contributed by atoms with E-state index in [0.717, 1.165) is 16.7 Å². The van der Waals surface area contributed by atoms with Crippen molar-refractivity contribution < 1.29 is 9.53 Å². The number of carbonyl (C=O) groups excluding carboxylic acids is 1. The van der Waals surface area contributed by atoms with Crippen LogP contribution in [0.25, 0.3) is 21.5 Å². The molecule has 0 unspecified atom stereocenters. The highest BCUT2D eigenvalue weighted by Crippen LogP contribution is 2.30. The van der Waals surface area contributed by atoms with Crippen LogP contribution in [0.3, 0.4) is 0 Å². The Kier molecular flexibility index (Phi) is 5.11. The third-order valence-corrected chi connectivity index (χ3v) is 3.35. The van der Waals surface area contributed by atoms with Crippen molar-refractivity contribution in [3.05, 3.63) is 77.3 Å². The van der Waals surface area contributed by atoms with Gasteiger partial charge in [-0.1, -0.05) is 54.6 Å². The van der Waals surface area contributed by atoms with Crippen molar-refractivity contribution in [2.24, 2.45) is 0 Å². The van der Waals surface area contributed by atoms with Gasteiger partial charge in [-0.25, -0.2) is 4.85 Å². The molecule has 0 aliphatic carbocycles.